The van der Waals surface area contributed by atoms with Gasteiger partial charge in [0.1, 0.15) is 0 Å². The maximum absolute atomic E-state index is 12.9. The number of amides is 1. The number of carbonyl (C=O) groups excluding carboxylic acids is 1. The minimum absolute atomic E-state index is 0.00528. The molecule has 0 saturated carbocycles. The van der Waals surface area contributed by atoms with Crippen molar-refractivity contribution in [2.24, 2.45) is 11.8 Å². The molecule has 1 aromatic rings. The van der Waals surface area contributed by atoms with E-state index in [-0.39, 0.29) is 42.0 Å². The molecule has 4 heterocycles. The molecule has 0 bridgehead atoms. The number of aromatic nitrogens is 1. The van der Waals surface area contributed by atoms with Gasteiger partial charge < -0.3 is 14.6 Å². The molecule has 1 amide bonds. The predicted molar refractivity (Wildman–Crippen MR) is 84.9 cm³/mol. The smallest absolute Gasteiger partial charge is 0.250 e. The first-order valence-electron chi connectivity index (χ1n) is 8.56. The van der Waals surface area contributed by atoms with Crippen molar-refractivity contribution in [2.45, 2.75) is 37.9 Å². The number of nitrogens with zero attached hydrogens (tertiary/aromatic N) is 2. The van der Waals surface area contributed by atoms with E-state index in [2.05, 4.69) is 5.32 Å². The van der Waals surface area contributed by atoms with E-state index < -0.39 is 0 Å². The van der Waals surface area contributed by atoms with Crippen molar-refractivity contribution in [3.8, 4) is 0 Å². The molecule has 2 fully saturated rings. The first-order valence-corrected chi connectivity index (χ1v) is 8.56. The predicted octanol–water partition coefficient (Wildman–Crippen LogP) is 0.112. The number of nitrogens with one attached hydrogen (secondary N) is 1. The zero-order valence-electron chi connectivity index (χ0n) is 13.1. The Bertz CT molecular complexity index is 665. The van der Waals surface area contributed by atoms with Crippen LogP contribution in [0.5, 0.6) is 0 Å². The quantitative estimate of drug-likeness (QED) is 0.812. The van der Waals surface area contributed by atoms with Crippen LogP contribution in [0, 0.1) is 11.8 Å². The van der Waals surface area contributed by atoms with E-state index in [9.17, 15) is 14.7 Å². The molecule has 0 spiro atoms. The summed E-state index contributed by atoms with van der Waals surface area (Å²) in [5.41, 5.74) is 0.934. The minimum Gasteiger partial charge on any atom is -0.396 e. The van der Waals surface area contributed by atoms with E-state index in [1.165, 1.54) is 6.42 Å². The van der Waals surface area contributed by atoms with Gasteiger partial charge in [-0.2, -0.15) is 0 Å². The summed E-state index contributed by atoms with van der Waals surface area (Å²) >= 11 is 0. The van der Waals surface area contributed by atoms with Gasteiger partial charge in [0.25, 0.3) is 5.56 Å². The molecule has 0 unspecified atom stereocenters. The van der Waals surface area contributed by atoms with Crippen molar-refractivity contribution in [2.75, 3.05) is 19.7 Å². The summed E-state index contributed by atoms with van der Waals surface area (Å²) in [7, 11) is 0. The second-order valence-electron chi connectivity index (χ2n) is 6.92. The molecule has 1 aromatic heterocycles. The number of likely N-dealkylation sites (tertiary alicyclic amines) is 1. The van der Waals surface area contributed by atoms with Gasteiger partial charge in [0, 0.05) is 49.8 Å². The van der Waals surface area contributed by atoms with E-state index in [0.717, 1.165) is 31.6 Å². The molecule has 23 heavy (non-hydrogen) atoms. The molecule has 6 nitrogen and oxygen atoms in total. The van der Waals surface area contributed by atoms with Gasteiger partial charge in [0.2, 0.25) is 5.91 Å². The van der Waals surface area contributed by atoms with Gasteiger partial charge in [-0.15, -0.1) is 0 Å². The van der Waals surface area contributed by atoms with Crippen LogP contribution < -0.4 is 10.9 Å². The Morgan fingerprint density at radius 2 is 2.04 bits per heavy atom. The summed E-state index contributed by atoms with van der Waals surface area (Å²) in [4.78, 5) is 26.8. The highest BCUT2D eigenvalue weighted by molar-refractivity contribution is 5.83. The van der Waals surface area contributed by atoms with E-state index in [1.54, 1.807) is 16.7 Å². The fraction of sp³-hybridized carbons (Fsp3) is 0.647. The molecule has 3 aliphatic rings. The minimum atomic E-state index is -0.336. The monoisotopic (exact) mass is 317 g/mol. The molecule has 4 rings (SSSR count). The molecule has 124 valence electrons. The Kier molecular flexibility index (Phi) is 3.73. The molecule has 6 heteroatoms. The lowest BCUT2D eigenvalue weighted by Gasteiger charge is -2.31. The molecule has 0 aliphatic carbocycles. The van der Waals surface area contributed by atoms with E-state index >= 15 is 0 Å². The van der Waals surface area contributed by atoms with Gasteiger partial charge in [0.05, 0.1) is 12.1 Å². The Labute approximate surface area is 135 Å². The van der Waals surface area contributed by atoms with Gasteiger partial charge in [-0.25, -0.2) is 0 Å². The van der Waals surface area contributed by atoms with E-state index in [0.29, 0.717) is 6.54 Å². The number of aliphatic hydroxyl groups excluding tert-OH is 1. The third-order valence-corrected chi connectivity index (χ3v) is 5.71. The lowest BCUT2D eigenvalue weighted by atomic mass is 9.88. The van der Waals surface area contributed by atoms with Gasteiger partial charge in [-0.1, -0.05) is 6.07 Å². The summed E-state index contributed by atoms with van der Waals surface area (Å²) in [5, 5.41) is 13.3. The molecule has 0 aromatic carbocycles. The molecule has 4 atom stereocenters. The third kappa shape index (κ3) is 2.32. The van der Waals surface area contributed by atoms with Crippen LogP contribution >= 0.6 is 0 Å². The number of piperidine rings is 1. The van der Waals surface area contributed by atoms with Crippen LogP contribution in [0.3, 0.4) is 0 Å². The number of rotatable bonds is 2. The largest absolute Gasteiger partial charge is 0.396 e. The summed E-state index contributed by atoms with van der Waals surface area (Å²) < 4.78 is 1.77. The zero-order valence-corrected chi connectivity index (χ0v) is 13.1. The van der Waals surface area contributed by atoms with Crippen LogP contribution in [-0.4, -0.2) is 46.2 Å². The highest BCUT2D eigenvalue weighted by Gasteiger charge is 2.51. The van der Waals surface area contributed by atoms with Crippen molar-refractivity contribution in [3.05, 3.63) is 34.2 Å². The molecule has 3 aliphatic heterocycles. The maximum Gasteiger partial charge on any atom is 0.250 e. The lowest BCUT2D eigenvalue weighted by Crippen LogP contribution is -2.49. The summed E-state index contributed by atoms with van der Waals surface area (Å²) in [6, 6.07) is 4.93. The van der Waals surface area contributed by atoms with Crippen molar-refractivity contribution in [1.82, 2.24) is 14.8 Å². The molecular formula is C17H23N3O3. The highest BCUT2D eigenvalue weighted by Crippen LogP contribution is 2.42. The van der Waals surface area contributed by atoms with Crippen molar-refractivity contribution >= 4 is 5.91 Å². The average Bonchev–Trinajstić information content (AvgIpc) is 3.12. The molecular weight excluding hydrogens is 294 g/mol. The van der Waals surface area contributed by atoms with Gasteiger partial charge in [-0.05, 0) is 25.3 Å². The Balaban J connectivity index is 1.60. The number of fused-ring (bicyclic) bond motifs is 3. The summed E-state index contributed by atoms with van der Waals surface area (Å²) in [6.07, 6.45) is 3.31. The summed E-state index contributed by atoms with van der Waals surface area (Å²) in [6.45, 7) is 2.20. The molecule has 2 N–H and O–H groups in total. The second-order valence-corrected chi connectivity index (χ2v) is 6.92. The van der Waals surface area contributed by atoms with E-state index in [4.69, 9.17) is 0 Å². The van der Waals surface area contributed by atoms with Crippen molar-refractivity contribution in [1.29, 1.82) is 0 Å². The maximum atomic E-state index is 12.9. The number of aliphatic hydroxyl groups is 1. The van der Waals surface area contributed by atoms with Gasteiger partial charge in [0.15, 0.2) is 0 Å². The summed E-state index contributed by atoms with van der Waals surface area (Å²) in [5.74, 6) is 0.0885. The molecule has 0 radical (unpaired) electrons. The fourth-order valence-electron chi connectivity index (χ4n) is 4.50. The van der Waals surface area contributed by atoms with Crippen LogP contribution in [0.1, 0.15) is 31.0 Å². The third-order valence-electron chi connectivity index (χ3n) is 5.71. The van der Waals surface area contributed by atoms with Crippen molar-refractivity contribution < 1.29 is 9.90 Å². The van der Waals surface area contributed by atoms with Crippen LogP contribution in [0.4, 0.5) is 0 Å². The van der Waals surface area contributed by atoms with Crippen LogP contribution in [-0.2, 0) is 11.3 Å². The Morgan fingerprint density at radius 3 is 2.78 bits per heavy atom. The highest BCUT2D eigenvalue weighted by atomic mass is 16.3. The first kappa shape index (κ1) is 14.9. The van der Waals surface area contributed by atoms with Gasteiger partial charge in [-0.3, -0.25) is 14.9 Å². The molecule has 2 saturated heterocycles. The average molecular weight is 317 g/mol. The fourth-order valence-corrected chi connectivity index (χ4v) is 4.50. The number of carbonyl (C=O) groups is 1. The topological polar surface area (TPSA) is 74.6 Å². The van der Waals surface area contributed by atoms with Crippen LogP contribution in [0.25, 0.3) is 0 Å². The van der Waals surface area contributed by atoms with E-state index in [1.807, 2.05) is 11.0 Å². The van der Waals surface area contributed by atoms with Crippen LogP contribution in [0.2, 0.25) is 0 Å². The normalized spacial score (nSPS) is 32.7. The standard InChI is InChI=1S/C17H23N3O3/c21-10-12-11-9-20-13(5-4-6-14(20)22)15(11)18-16(12)17(23)19-7-2-1-3-8-19/h4-6,11-12,15-16,18,21H,1-3,7-10H2/t11-,12-,15+,16-/m1/s1. The SMILES string of the molecule is O=C([C@@H]1N[C@@H]2c3cccc(=O)n3C[C@@H]2[C@H]1CO)N1CCCCC1. The Hall–Kier alpha value is -1.66. The first-order chi connectivity index (χ1) is 11.2. The van der Waals surface area contributed by atoms with Gasteiger partial charge >= 0.3 is 0 Å². The zero-order chi connectivity index (χ0) is 16.0. The number of pyridine rings is 1. The van der Waals surface area contributed by atoms with Crippen LogP contribution in [0.15, 0.2) is 23.0 Å². The number of hydrogen-bond acceptors (Lipinski definition) is 4. The lowest BCUT2D eigenvalue weighted by molar-refractivity contribution is -0.135. The Morgan fingerprint density at radius 1 is 1.26 bits per heavy atom. The number of hydrogen-bond donors (Lipinski definition) is 2. The van der Waals surface area contributed by atoms with Crippen molar-refractivity contribution in [3.63, 3.8) is 0 Å². The second kappa shape index (κ2) is 5.76.